The lowest BCUT2D eigenvalue weighted by Gasteiger charge is -2.19. The first-order valence-corrected chi connectivity index (χ1v) is 7.49. The molecule has 0 spiro atoms. The van der Waals surface area contributed by atoms with Gasteiger partial charge < -0.3 is 4.57 Å². The van der Waals surface area contributed by atoms with Crippen LogP contribution in [0.1, 0.15) is 19.3 Å². The molecular formula is C13H15OP. The van der Waals surface area contributed by atoms with Crippen LogP contribution >= 0.6 is 7.14 Å². The van der Waals surface area contributed by atoms with Gasteiger partial charge in [0.05, 0.1) is 0 Å². The van der Waals surface area contributed by atoms with Crippen LogP contribution in [-0.2, 0) is 4.57 Å². The van der Waals surface area contributed by atoms with Crippen molar-refractivity contribution >= 4 is 12.4 Å². The molecule has 0 N–H and O–H groups in total. The third kappa shape index (κ3) is 1.33. The van der Waals surface area contributed by atoms with Crippen LogP contribution in [-0.4, -0.2) is 5.66 Å². The van der Waals surface area contributed by atoms with Gasteiger partial charge in [-0.1, -0.05) is 42.8 Å². The standard InChI is InChI=1S/C13H15OP/c14-15(12-6-2-1-3-7-12)10-9-11-5-4-8-13(11)15/h1-3,6-7,9-11,13H,4-5,8H2/t11-,13-,15-/m1/s1. The average Bonchev–Trinajstić information content (AvgIpc) is 2.85. The van der Waals surface area contributed by atoms with Gasteiger partial charge in [-0.15, -0.1) is 0 Å². The minimum Gasteiger partial charge on any atom is -0.314 e. The Kier molecular flexibility index (Phi) is 2.10. The fourth-order valence-corrected chi connectivity index (χ4v) is 6.23. The van der Waals surface area contributed by atoms with Crippen LogP contribution in [0.4, 0.5) is 0 Å². The number of allylic oxidation sites excluding steroid dienone is 1. The molecule has 15 heavy (non-hydrogen) atoms. The van der Waals surface area contributed by atoms with Crippen molar-refractivity contribution in [2.24, 2.45) is 5.92 Å². The van der Waals surface area contributed by atoms with Gasteiger partial charge in [-0.2, -0.15) is 0 Å². The maximum absolute atomic E-state index is 12.9. The summed E-state index contributed by atoms with van der Waals surface area (Å²) in [5, 5.41) is 1.05. The van der Waals surface area contributed by atoms with E-state index < -0.39 is 7.14 Å². The van der Waals surface area contributed by atoms with E-state index in [-0.39, 0.29) is 0 Å². The van der Waals surface area contributed by atoms with Crippen LogP contribution in [0.25, 0.3) is 0 Å². The molecular weight excluding hydrogens is 203 g/mol. The molecule has 0 amide bonds. The van der Waals surface area contributed by atoms with Crippen molar-refractivity contribution in [1.29, 1.82) is 0 Å². The molecule has 78 valence electrons. The van der Waals surface area contributed by atoms with Gasteiger partial charge in [-0.3, -0.25) is 0 Å². The van der Waals surface area contributed by atoms with E-state index in [1.807, 2.05) is 36.1 Å². The number of hydrogen-bond donors (Lipinski definition) is 0. The molecule has 0 unspecified atom stereocenters. The molecule has 3 atom stereocenters. The van der Waals surface area contributed by atoms with Gasteiger partial charge in [-0.25, -0.2) is 0 Å². The Morgan fingerprint density at radius 1 is 1.13 bits per heavy atom. The lowest BCUT2D eigenvalue weighted by Crippen LogP contribution is -2.14. The molecule has 1 aromatic rings. The van der Waals surface area contributed by atoms with E-state index in [2.05, 4.69) is 6.08 Å². The second-order valence-corrected chi connectivity index (χ2v) is 7.45. The number of benzene rings is 1. The maximum atomic E-state index is 12.9. The first-order chi connectivity index (χ1) is 7.31. The topological polar surface area (TPSA) is 17.1 Å². The molecule has 0 aromatic heterocycles. The van der Waals surface area contributed by atoms with Gasteiger partial charge in [0.2, 0.25) is 0 Å². The first kappa shape index (κ1) is 9.42. The normalized spacial score (nSPS) is 38.1. The van der Waals surface area contributed by atoms with Crippen molar-refractivity contribution in [2.45, 2.75) is 24.9 Å². The van der Waals surface area contributed by atoms with Crippen molar-refractivity contribution in [3.05, 3.63) is 42.2 Å². The zero-order chi connectivity index (χ0) is 10.3. The summed E-state index contributed by atoms with van der Waals surface area (Å²) < 4.78 is 12.9. The second kappa shape index (κ2) is 3.35. The molecule has 1 fully saturated rings. The summed E-state index contributed by atoms with van der Waals surface area (Å²) in [4.78, 5) is 0. The number of fused-ring (bicyclic) bond motifs is 1. The largest absolute Gasteiger partial charge is 0.314 e. The quantitative estimate of drug-likeness (QED) is 0.660. The second-order valence-electron chi connectivity index (χ2n) is 4.55. The number of hydrogen-bond acceptors (Lipinski definition) is 1. The monoisotopic (exact) mass is 218 g/mol. The predicted molar refractivity (Wildman–Crippen MR) is 64.0 cm³/mol. The zero-order valence-electron chi connectivity index (χ0n) is 8.67. The lowest BCUT2D eigenvalue weighted by molar-refractivity contribution is 0.571. The van der Waals surface area contributed by atoms with Crippen LogP contribution in [0.2, 0.25) is 0 Å². The summed E-state index contributed by atoms with van der Waals surface area (Å²) in [5.41, 5.74) is 0.417. The SMILES string of the molecule is O=[P@@]1(c2ccccc2)C=C[C@H]2CCC[C@H]21. The third-order valence-electron chi connectivity index (χ3n) is 3.74. The van der Waals surface area contributed by atoms with Crippen molar-refractivity contribution in [1.82, 2.24) is 0 Å². The molecule has 2 aliphatic rings. The highest BCUT2D eigenvalue weighted by Crippen LogP contribution is 2.63. The van der Waals surface area contributed by atoms with Gasteiger partial charge in [0.1, 0.15) is 7.14 Å². The van der Waals surface area contributed by atoms with E-state index in [0.29, 0.717) is 11.6 Å². The molecule has 1 aliphatic heterocycles. The van der Waals surface area contributed by atoms with E-state index in [1.165, 1.54) is 12.8 Å². The Morgan fingerprint density at radius 2 is 1.93 bits per heavy atom. The Hall–Kier alpha value is -0.810. The van der Waals surface area contributed by atoms with Crippen LogP contribution in [0.3, 0.4) is 0 Å². The van der Waals surface area contributed by atoms with Gasteiger partial charge in [-0.05, 0) is 24.6 Å². The molecule has 1 saturated carbocycles. The summed E-state index contributed by atoms with van der Waals surface area (Å²) in [7, 11) is -2.21. The van der Waals surface area contributed by atoms with E-state index in [1.54, 1.807) is 0 Å². The fraction of sp³-hybridized carbons (Fsp3) is 0.385. The van der Waals surface area contributed by atoms with E-state index in [9.17, 15) is 4.57 Å². The highest BCUT2D eigenvalue weighted by Gasteiger charge is 2.43. The van der Waals surface area contributed by atoms with Crippen molar-refractivity contribution in [3.8, 4) is 0 Å². The smallest absolute Gasteiger partial charge is 0.139 e. The average molecular weight is 218 g/mol. The molecule has 2 heteroatoms. The summed E-state index contributed by atoms with van der Waals surface area (Å²) in [6.45, 7) is 0. The molecule has 0 radical (unpaired) electrons. The van der Waals surface area contributed by atoms with Crippen LogP contribution in [0, 0.1) is 5.92 Å². The Bertz CT molecular complexity index is 435. The molecule has 1 heterocycles. The van der Waals surface area contributed by atoms with Crippen molar-refractivity contribution in [3.63, 3.8) is 0 Å². The van der Waals surface area contributed by atoms with Crippen molar-refractivity contribution in [2.75, 3.05) is 0 Å². The lowest BCUT2D eigenvalue weighted by atomic mass is 10.1. The van der Waals surface area contributed by atoms with Crippen LogP contribution in [0.5, 0.6) is 0 Å². The van der Waals surface area contributed by atoms with E-state index >= 15 is 0 Å². The van der Waals surface area contributed by atoms with Crippen LogP contribution < -0.4 is 5.30 Å². The van der Waals surface area contributed by atoms with Crippen molar-refractivity contribution < 1.29 is 4.57 Å². The van der Waals surface area contributed by atoms with Crippen LogP contribution in [0.15, 0.2) is 42.2 Å². The summed E-state index contributed by atoms with van der Waals surface area (Å²) >= 11 is 0. The van der Waals surface area contributed by atoms with E-state index in [0.717, 1.165) is 11.7 Å². The van der Waals surface area contributed by atoms with Gasteiger partial charge in [0, 0.05) is 11.0 Å². The zero-order valence-corrected chi connectivity index (χ0v) is 9.57. The van der Waals surface area contributed by atoms with Gasteiger partial charge in [0.15, 0.2) is 0 Å². The molecule has 1 aliphatic carbocycles. The third-order valence-corrected chi connectivity index (χ3v) is 7.09. The Balaban J connectivity index is 2.05. The number of rotatable bonds is 1. The summed E-state index contributed by atoms with van der Waals surface area (Å²) in [5.74, 6) is 2.60. The fourth-order valence-electron chi connectivity index (χ4n) is 2.96. The molecule has 0 saturated heterocycles. The highest BCUT2D eigenvalue weighted by atomic mass is 31.2. The minimum atomic E-state index is -2.21. The Morgan fingerprint density at radius 3 is 2.73 bits per heavy atom. The summed E-state index contributed by atoms with van der Waals surface area (Å²) in [6, 6.07) is 10.0. The maximum Gasteiger partial charge on any atom is 0.139 e. The Labute approximate surface area is 90.6 Å². The summed E-state index contributed by atoms with van der Waals surface area (Å²) in [6.07, 6.45) is 5.82. The minimum absolute atomic E-state index is 0.417. The molecule has 0 bridgehead atoms. The molecule has 1 nitrogen and oxygen atoms in total. The predicted octanol–water partition coefficient (Wildman–Crippen LogP) is 3.37. The van der Waals surface area contributed by atoms with E-state index in [4.69, 9.17) is 0 Å². The highest BCUT2D eigenvalue weighted by molar-refractivity contribution is 7.75. The first-order valence-electron chi connectivity index (χ1n) is 5.65. The molecule has 1 aromatic carbocycles. The molecule has 3 rings (SSSR count). The van der Waals surface area contributed by atoms with Gasteiger partial charge >= 0.3 is 0 Å². The van der Waals surface area contributed by atoms with Gasteiger partial charge in [0.25, 0.3) is 0 Å².